The molecule has 1 aliphatic carbocycles. The molecule has 7 nitrogen and oxygen atoms in total. The standard InChI is InChI=1S/C21H28N4O3/c1-4-24-14-22-23-19(24)18-12-25(13-21(18)7-5-6-8-21)20(26)15-9-16(27-2)11-17(10-15)28-3/h9-11,14,18H,4-8,12-13H2,1-3H3. The molecule has 1 aliphatic heterocycles. The molecule has 1 aromatic heterocycles. The minimum absolute atomic E-state index is 0.0218. The Morgan fingerprint density at radius 1 is 1.18 bits per heavy atom. The predicted molar refractivity (Wildman–Crippen MR) is 105 cm³/mol. The highest BCUT2D eigenvalue weighted by atomic mass is 16.5. The van der Waals surface area contributed by atoms with Gasteiger partial charge in [-0.05, 0) is 37.3 Å². The molecule has 0 bridgehead atoms. The van der Waals surface area contributed by atoms with Crippen molar-refractivity contribution in [2.24, 2.45) is 5.41 Å². The van der Waals surface area contributed by atoms with Gasteiger partial charge in [-0.25, -0.2) is 0 Å². The van der Waals surface area contributed by atoms with E-state index < -0.39 is 0 Å². The largest absolute Gasteiger partial charge is 0.497 e. The fourth-order valence-corrected chi connectivity index (χ4v) is 4.96. The Morgan fingerprint density at radius 3 is 2.46 bits per heavy atom. The number of benzene rings is 1. The van der Waals surface area contributed by atoms with E-state index in [0.717, 1.165) is 31.8 Å². The maximum atomic E-state index is 13.4. The van der Waals surface area contributed by atoms with Gasteiger partial charge in [0, 0.05) is 37.2 Å². The fraction of sp³-hybridized carbons (Fsp3) is 0.571. The highest BCUT2D eigenvalue weighted by Crippen LogP contribution is 2.53. The highest BCUT2D eigenvalue weighted by molar-refractivity contribution is 5.95. The summed E-state index contributed by atoms with van der Waals surface area (Å²) in [4.78, 5) is 15.3. The molecule has 1 spiro atoms. The lowest BCUT2D eigenvalue weighted by Crippen LogP contribution is -2.31. The average Bonchev–Trinajstić information content (AvgIpc) is 3.47. The number of amides is 1. The number of aryl methyl sites for hydroxylation is 1. The third-order valence-corrected chi connectivity index (χ3v) is 6.43. The van der Waals surface area contributed by atoms with Gasteiger partial charge in [-0.15, -0.1) is 10.2 Å². The van der Waals surface area contributed by atoms with Crippen LogP contribution in [0.15, 0.2) is 24.5 Å². The molecule has 2 fully saturated rings. The second kappa shape index (κ2) is 7.45. The SMILES string of the molecule is CCn1cnnc1C1CN(C(=O)c2cc(OC)cc(OC)c2)CC12CCCC2. The summed E-state index contributed by atoms with van der Waals surface area (Å²) in [7, 11) is 3.19. The van der Waals surface area contributed by atoms with Crippen LogP contribution in [0.4, 0.5) is 0 Å². The molecule has 0 radical (unpaired) electrons. The molecule has 1 saturated heterocycles. The molecule has 0 N–H and O–H groups in total. The Labute approximate surface area is 165 Å². The summed E-state index contributed by atoms with van der Waals surface area (Å²) in [6.07, 6.45) is 6.51. The van der Waals surface area contributed by atoms with Gasteiger partial charge in [0.1, 0.15) is 23.7 Å². The quantitative estimate of drug-likeness (QED) is 0.792. The van der Waals surface area contributed by atoms with Crippen molar-refractivity contribution < 1.29 is 14.3 Å². The van der Waals surface area contributed by atoms with E-state index in [2.05, 4.69) is 21.7 Å². The Kier molecular flexibility index (Phi) is 5.00. The average molecular weight is 384 g/mol. The lowest BCUT2D eigenvalue weighted by molar-refractivity contribution is 0.0772. The summed E-state index contributed by atoms with van der Waals surface area (Å²) in [5, 5.41) is 8.59. The van der Waals surface area contributed by atoms with Crippen LogP contribution in [0.25, 0.3) is 0 Å². The van der Waals surface area contributed by atoms with Crippen LogP contribution in [0.5, 0.6) is 11.5 Å². The Bertz CT molecular complexity index is 835. The number of likely N-dealkylation sites (tertiary alicyclic amines) is 1. The van der Waals surface area contributed by atoms with E-state index in [4.69, 9.17) is 9.47 Å². The van der Waals surface area contributed by atoms with Crippen molar-refractivity contribution in [3.63, 3.8) is 0 Å². The van der Waals surface area contributed by atoms with Gasteiger partial charge in [-0.3, -0.25) is 4.79 Å². The molecule has 2 heterocycles. The number of methoxy groups -OCH3 is 2. The maximum Gasteiger partial charge on any atom is 0.254 e. The van der Waals surface area contributed by atoms with Crippen LogP contribution in [0.2, 0.25) is 0 Å². The third-order valence-electron chi connectivity index (χ3n) is 6.43. The molecule has 28 heavy (non-hydrogen) atoms. The van der Waals surface area contributed by atoms with Crippen LogP contribution >= 0.6 is 0 Å². The van der Waals surface area contributed by atoms with E-state index in [1.165, 1.54) is 12.8 Å². The molecule has 1 saturated carbocycles. The van der Waals surface area contributed by atoms with Gasteiger partial charge in [-0.2, -0.15) is 0 Å². The van der Waals surface area contributed by atoms with Gasteiger partial charge >= 0.3 is 0 Å². The van der Waals surface area contributed by atoms with E-state index in [9.17, 15) is 4.79 Å². The molecule has 1 aromatic carbocycles. The number of hydrogen-bond acceptors (Lipinski definition) is 5. The smallest absolute Gasteiger partial charge is 0.254 e. The molecule has 4 rings (SSSR count). The van der Waals surface area contributed by atoms with Crippen LogP contribution in [-0.4, -0.2) is 52.9 Å². The van der Waals surface area contributed by atoms with Gasteiger partial charge in [0.25, 0.3) is 5.91 Å². The monoisotopic (exact) mass is 384 g/mol. The number of rotatable bonds is 5. The Morgan fingerprint density at radius 2 is 1.86 bits per heavy atom. The summed E-state index contributed by atoms with van der Waals surface area (Å²) in [6.45, 7) is 4.40. The topological polar surface area (TPSA) is 69.5 Å². The first-order chi connectivity index (χ1) is 13.6. The molecule has 1 atom stereocenters. The molecule has 1 amide bonds. The lowest BCUT2D eigenvalue weighted by Gasteiger charge is -2.29. The predicted octanol–water partition coefficient (Wildman–Crippen LogP) is 3.12. The third kappa shape index (κ3) is 3.12. The molecule has 2 aliphatic rings. The second-order valence-corrected chi connectivity index (χ2v) is 7.88. The van der Waals surface area contributed by atoms with Gasteiger partial charge in [-0.1, -0.05) is 12.8 Å². The zero-order chi connectivity index (χ0) is 19.7. The van der Waals surface area contributed by atoms with Crippen molar-refractivity contribution >= 4 is 5.91 Å². The van der Waals surface area contributed by atoms with Crippen molar-refractivity contribution in [1.29, 1.82) is 0 Å². The van der Waals surface area contributed by atoms with E-state index in [1.807, 2.05) is 4.90 Å². The Hall–Kier alpha value is -2.57. The normalized spacial score (nSPS) is 20.7. The number of hydrogen-bond donors (Lipinski definition) is 0. The summed E-state index contributed by atoms with van der Waals surface area (Å²) in [6, 6.07) is 5.36. The number of nitrogens with zero attached hydrogens (tertiary/aromatic N) is 4. The summed E-state index contributed by atoms with van der Waals surface area (Å²) >= 11 is 0. The molecular formula is C21H28N4O3. The molecule has 7 heteroatoms. The van der Waals surface area contributed by atoms with Crippen molar-refractivity contribution in [3.8, 4) is 11.5 Å². The van der Waals surface area contributed by atoms with Crippen LogP contribution in [0, 0.1) is 5.41 Å². The Balaban J connectivity index is 1.65. The van der Waals surface area contributed by atoms with Gasteiger partial charge in [0.15, 0.2) is 0 Å². The maximum absolute atomic E-state index is 13.4. The van der Waals surface area contributed by atoms with Crippen molar-refractivity contribution in [1.82, 2.24) is 19.7 Å². The van der Waals surface area contributed by atoms with Crippen LogP contribution in [0.3, 0.4) is 0 Å². The summed E-state index contributed by atoms with van der Waals surface area (Å²) in [5.74, 6) is 2.52. The van der Waals surface area contributed by atoms with Crippen molar-refractivity contribution in [2.75, 3.05) is 27.3 Å². The van der Waals surface area contributed by atoms with Crippen molar-refractivity contribution in [3.05, 3.63) is 35.9 Å². The number of ether oxygens (including phenoxy) is 2. The molecule has 150 valence electrons. The lowest BCUT2D eigenvalue weighted by atomic mass is 9.76. The molecule has 2 aromatic rings. The first-order valence-corrected chi connectivity index (χ1v) is 10.0. The summed E-state index contributed by atoms with van der Waals surface area (Å²) in [5.41, 5.74) is 0.709. The van der Waals surface area contributed by atoms with Gasteiger partial charge in [0.05, 0.1) is 14.2 Å². The number of carbonyl (C=O) groups is 1. The first kappa shape index (κ1) is 18.8. The number of aromatic nitrogens is 3. The summed E-state index contributed by atoms with van der Waals surface area (Å²) < 4.78 is 12.8. The van der Waals surface area contributed by atoms with Gasteiger partial charge < -0.3 is 18.9 Å². The van der Waals surface area contributed by atoms with E-state index in [1.54, 1.807) is 38.7 Å². The fourth-order valence-electron chi connectivity index (χ4n) is 4.96. The minimum Gasteiger partial charge on any atom is -0.497 e. The van der Waals surface area contributed by atoms with E-state index in [-0.39, 0.29) is 17.2 Å². The van der Waals surface area contributed by atoms with E-state index in [0.29, 0.717) is 23.6 Å². The molecular weight excluding hydrogens is 356 g/mol. The van der Waals surface area contributed by atoms with Crippen LogP contribution in [0.1, 0.15) is 54.7 Å². The molecule has 1 unspecified atom stereocenters. The highest BCUT2D eigenvalue weighted by Gasteiger charge is 2.51. The van der Waals surface area contributed by atoms with Crippen LogP contribution in [-0.2, 0) is 6.54 Å². The van der Waals surface area contributed by atoms with Crippen LogP contribution < -0.4 is 9.47 Å². The minimum atomic E-state index is 0.0218. The van der Waals surface area contributed by atoms with E-state index >= 15 is 0 Å². The van der Waals surface area contributed by atoms with Gasteiger partial charge in [0.2, 0.25) is 0 Å². The first-order valence-electron chi connectivity index (χ1n) is 10.0. The number of carbonyl (C=O) groups excluding carboxylic acids is 1. The second-order valence-electron chi connectivity index (χ2n) is 7.88. The zero-order valence-electron chi connectivity index (χ0n) is 16.9. The van der Waals surface area contributed by atoms with Crippen molar-refractivity contribution in [2.45, 2.75) is 45.1 Å². The zero-order valence-corrected chi connectivity index (χ0v) is 16.9.